The third-order valence-electron chi connectivity index (χ3n) is 1.50. The van der Waals surface area contributed by atoms with Crippen LogP contribution in [0.15, 0.2) is 34.4 Å². The van der Waals surface area contributed by atoms with Gasteiger partial charge >= 0.3 is 0 Å². The van der Waals surface area contributed by atoms with Crippen LogP contribution in [0.2, 0.25) is 0 Å². The number of pyridine rings is 1. The molecule has 54 valence electrons. The maximum atomic E-state index is 4.15. The molecule has 1 aromatic heterocycles. The Hall–Kier alpha value is -1.51. The Morgan fingerprint density at radius 1 is 1.27 bits per heavy atom. The third kappa shape index (κ3) is 1.17. The van der Waals surface area contributed by atoms with E-state index in [1.165, 1.54) is 0 Å². The van der Waals surface area contributed by atoms with Gasteiger partial charge in [0, 0.05) is 6.20 Å². The fourth-order valence-electron chi connectivity index (χ4n) is 0.959. The Bertz CT molecular complexity index is 300. The summed E-state index contributed by atoms with van der Waals surface area (Å²) in [6.07, 6.45) is 3.33. The molecule has 0 unspecified atom stereocenters. The fourth-order valence-corrected chi connectivity index (χ4v) is 0.959. The van der Waals surface area contributed by atoms with Gasteiger partial charge in [-0.25, -0.2) is 4.99 Å². The Kier molecular flexibility index (Phi) is 1.48. The number of hydrogen-bond donors (Lipinski definition) is 0. The summed E-state index contributed by atoms with van der Waals surface area (Å²) < 4.78 is 0. The van der Waals surface area contributed by atoms with Crippen LogP contribution in [0.25, 0.3) is 0 Å². The third-order valence-corrected chi connectivity index (χ3v) is 1.50. The van der Waals surface area contributed by atoms with Gasteiger partial charge in [0.25, 0.3) is 0 Å². The van der Waals surface area contributed by atoms with Crippen LogP contribution in [-0.4, -0.2) is 23.6 Å². The van der Waals surface area contributed by atoms with E-state index in [0.717, 1.165) is 11.4 Å². The molecule has 0 aromatic carbocycles. The highest BCUT2D eigenvalue weighted by atomic mass is 15.0. The van der Waals surface area contributed by atoms with E-state index in [0.29, 0.717) is 6.54 Å². The maximum absolute atomic E-state index is 4.15. The molecule has 0 spiro atoms. The Labute approximate surface area is 64.5 Å². The first-order valence-corrected chi connectivity index (χ1v) is 3.43. The first kappa shape index (κ1) is 6.22. The zero-order valence-corrected chi connectivity index (χ0v) is 5.94. The van der Waals surface area contributed by atoms with Gasteiger partial charge in [0.05, 0.1) is 18.0 Å². The number of aromatic nitrogens is 1. The van der Waals surface area contributed by atoms with Crippen molar-refractivity contribution in [1.29, 1.82) is 0 Å². The zero-order valence-electron chi connectivity index (χ0n) is 5.94. The molecule has 0 atom stereocenters. The summed E-state index contributed by atoms with van der Waals surface area (Å²) in [4.78, 5) is 12.2. The van der Waals surface area contributed by atoms with E-state index in [9.17, 15) is 0 Å². The van der Waals surface area contributed by atoms with E-state index < -0.39 is 0 Å². The molecule has 11 heavy (non-hydrogen) atoms. The molecule has 3 heteroatoms. The largest absolute Gasteiger partial charge is 0.267 e. The van der Waals surface area contributed by atoms with Crippen molar-refractivity contribution >= 4 is 12.1 Å². The summed E-state index contributed by atoms with van der Waals surface area (Å²) in [5.41, 5.74) is 1.87. The van der Waals surface area contributed by atoms with Crippen molar-refractivity contribution in [3.05, 3.63) is 30.1 Å². The van der Waals surface area contributed by atoms with Gasteiger partial charge in [0.2, 0.25) is 0 Å². The number of nitrogens with zero attached hydrogens (tertiary/aromatic N) is 3. The zero-order chi connectivity index (χ0) is 7.52. The predicted octanol–water partition coefficient (Wildman–Crippen LogP) is 0.913. The lowest BCUT2D eigenvalue weighted by Crippen LogP contribution is -2.03. The van der Waals surface area contributed by atoms with Crippen molar-refractivity contribution in [2.45, 2.75) is 0 Å². The molecular weight excluding hydrogens is 138 g/mol. The minimum absolute atomic E-state index is 0.664. The highest BCUT2D eigenvalue weighted by molar-refractivity contribution is 6.06. The van der Waals surface area contributed by atoms with E-state index in [2.05, 4.69) is 15.0 Å². The summed E-state index contributed by atoms with van der Waals surface area (Å²) in [6, 6.07) is 5.77. The average Bonchev–Trinajstić information content (AvgIpc) is 2.58. The summed E-state index contributed by atoms with van der Waals surface area (Å²) in [5.74, 6) is 0. The highest BCUT2D eigenvalue weighted by Crippen LogP contribution is 2.00. The first-order chi connectivity index (χ1) is 5.47. The van der Waals surface area contributed by atoms with Crippen LogP contribution in [0.3, 0.4) is 0 Å². The molecule has 3 nitrogen and oxygen atoms in total. The van der Waals surface area contributed by atoms with Crippen LogP contribution >= 0.6 is 0 Å². The molecule has 0 N–H and O–H groups in total. The number of rotatable bonds is 1. The molecule has 0 aliphatic carbocycles. The van der Waals surface area contributed by atoms with E-state index in [1.807, 2.05) is 18.2 Å². The van der Waals surface area contributed by atoms with Crippen LogP contribution in [0.5, 0.6) is 0 Å². The summed E-state index contributed by atoms with van der Waals surface area (Å²) in [5, 5.41) is 0. The second-order valence-electron chi connectivity index (χ2n) is 2.25. The van der Waals surface area contributed by atoms with Crippen LogP contribution in [0.1, 0.15) is 5.69 Å². The Morgan fingerprint density at radius 3 is 2.91 bits per heavy atom. The maximum Gasteiger partial charge on any atom is 0.110 e. The van der Waals surface area contributed by atoms with Crippen molar-refractivity contribution in [2.24, 2.45) is 9.98 Å². The molecule has 0 amide bonds. The topological polar surface area (TPSA) is 37.6 Å². The standard InChI is InChI=1S/C8H7N3/c1-2-4-10-7(3-1)8-5-9-6-11-8/h1-4,6H,5H2. The quantitative estimate of drug-likeness (QED) is 0.578. The van der Waals surface area contributed by atoms with Crippen LogP contribution < -0.4 is 0 Å². The average molecular weight is 145 g/mol. The summed E-state index contributed by atoms with van der Waals surface area (Å²) in [6.45, 7) is 0.664. The van der Waals surface area contributed by atoms with E-state index in [1.54, 1.807) is 12.5 Å². The van der Waals surface area contributed by atoms with Gasteiger partial charge in [0.1, 0.15) is 6.34 Å². The van der Waals surface area contributed by atoms with Gasteiger partial charge in [-0.05, 0) is 12.1 Å². The molecule has 0 radical (unpaired) electrons. The van der Waals surface area contributed by atoms with Crippen molar-refractivity contribution in [2.75, 3.05) is 6.54 Å². The van der Waals surface area contributed by atoms with Gasteiger partial charge in [-0.15, -0.1) is 0 Å². The smallest absolute Gasteiger partial charge is 0.110 e. The molecular formula is C8H7N3. The van der Waals surface area contributed by atoms with Crippen molar-refractivity contribution < 1.29 is 0 Å². The molecule has 1 aliphatic rings. The monoisotopic (exact) mass is 145 g/mol. The highest BCUT2D eigenvalue weighted by Gasteiger charge is 2.04. The van der Waals surface area contributed by atoms with Crippen LogP contribution in [0.4, 0.5) is 0 Å². The van der Waals surface area contributed by atoms with Crippen molar-refractivity contribution in [1.82, 2.24) is 4.98 Å². The molecule has 1 aromatic rings. The Morgan fingerprint density at radius 2 is 2.27 bits per heavy atom. The summed E-state index contributed by atoms with van der Waals surface area (Å²) >= 11 is 0. The second-order valence-corrected chi connectivity index (χ2v) is 2.25. The van der Waals surface area contributed by atoms with Crippen LogP contribution in [0, 0.1) is 0 Å². The number of hydrogen-bond acceptors (Lipinski definition) is 3. The molecule has 0 saturated carbocycles. The predicted molar refractivity (Wildman–Crippen MR) is 44.1 cm³/mol. The molecule has 0 bridgehead atoms. The lowest BCUT2D eigenvalue weighted by Gasteiger charge is -1.95. The molecule has 2 heterocycles. The molecule has 1 aliphatic heterocycles. The fraction of sp³-hybridized carbons (Fsp3) is 0.125. The van der Waals surface area contributed by atoms with Crippen molar-refractivity contribution in [3.63, 3.8) is 0 Å². The van der Waals surface area contributed by atoms with E-state index in [4.69, 9.17) is 0 Å². The van der Waals surface area contributed by atoms with E-state index >= 15 is 0 Å². The minimum Gasteiger partial charge on any atom is -0.267 e. The minimum atomic E-state index is 0.664. The Balaban J connectivity index is 2.31. The van der Waals surface area contributed by atoms with Gasteiger partial charge in [-0.2, -0.15) is 0 Å². The molecule has 0 fully saturated rings. The normalized spacial score (nSPS) is 15.1. The first-order valence-electron chi connectivity index (χ1n) is 3.43. The SMILES string of the molecule is C1=NCC(c2ccccn2)=N1. The van der Waals surface area contributed by atoms with Gasteiger partial charge in [-0.1, -0.05) is 6.07 Å². The van der Waals surface area contributed by atoms with Gasteiger partial charge in [0.15, 0.2) is 0 Å². The van der Waals surface area contributed by atoms with Crippen molar-refractivity contribution in [3.8, 4) is 0 Å². The summed E-state index contributed by atoms with van der Waals surface area (Å²) in [7, 11) is 0. The second kappa shape index (κ2) is 2.62. The van der Waals surface area contributed by atoms with Crippen LogP contribution in [-0.2, 0) is 0 Å². The molecule has 2 rings (SSSR count). The van der Waals surface area contributed by atoms with Gasteiger partial charge in [-0.3, -0.25) is 9.98 Å². The van der Waals surface area contributed by atoms with Gasteiger partial charge < -0.3 is 0 Å². The van der Waals surface area contributed by atoms with E-state index in [-0.39, 0.29) is 0 Å². The lowest BCUT2D eigenvalue weighted by atomic mass is 10.2. The lowest BCUT2D eigenvalue weighted by molar-refractivity contribution is 1.25. The number of aliphatic imine (C=N–C) groups is 2. The molecule has 0 saturated heterocycles.